The number of carboxylic acid groups (broad SMARTS) is 1. The minimum atomic E-state index is -4.48. The number of carbonyl (C=O) groups is 2. The SMILES string of the molecule is O=C(O)[C@@H]1CCCN1C(=O)c1ccn(-c2cccc(C(F)(F)F)c2)n1. The van der Waals surface area contributed by atoms with Gasteiger partial charge in [-0.15, -0.1) is 0 Å². The minimum absolute atomic E-state index is 0.00874. The quantitative estimate of drug-likeness (QED) is 0.920. The van der Waals surface area contributed by atoms with E-state index in [9.17, 15) is 22.8 Å². The van der Waals surface area contributed by atoms with Crippen molar-refractivity contribution in [2.24, 2.45) is 0 Å². The number of aliphatic carboxylic acids is 1. The van der Waals surface area contributed by atoms with E-state index in [-0.39, 0.29) is 11.4 Å². The zero-order chi connectivity index (χ0) is 18.2. The van der Waals surface area contributed by atoms with E-state index >= 15 is 0 Å². The zero-order valence-electron chi connectivity index (χ0n) is 12.9. The number of rotatable bonds is 3. The highest BCUT2D eigenvalue weighted by molar-refractivity contribution is 5.95. The van der Waals surface area contributed by atoms with Crippen molar-refractivity contribution in [2.75, 3.05) is 6.54 Å². The smallest absolute Gasteiger partial charge is 0.416 e. The molecule has 0 spiro atoms. The molecule has 6 nitrogen and oxygen atoms in total. The van der Waals surface area contributed by atoms with Gasteiger partial charge in [0.2, 0.25) is 0 Å². The van der Waals surface area contributed by atoms with Crippen molar-refractivity contribution in [3.05, 3.63) is 47.8 Å². The first-order valence-electron chi connectivity index (χ1n) is 7.54. The molecule has 2 aromatic rings. The maximum atomic E-state index is 12.8. The van der Waals surface area contributed by atoms with E-state index in [1.54, 1.807) is 0 Å². The summed E-state index contributed by atoms with van der Waals surface area (Å²) in [7, 11) is 0. The number of nitrogens with zero attached hydrogens (tertiary/aromatic N) is 3. The molecular weight excluding hydrogens is 339 g/mol. The van der Waals surface area contributed by atoms with Crippen molar-refractivity contribution in [3.8, 4) is 5.69 Å². The molecule has 132 valence electrons. The molecule has 1 atom stereocenters. The van der Waals surface area contributed by atoms with Gasteiger partial charge >= 0.3 is 12.1 Å². The first-order valence-corrected chi connectivity index (χ1v) is 7.54. The van der Waals surface area contributed by atoms with Crippen LogP contribution in [0.1, 0.15) is 28.9 Å². The third kappa shape index (κ3) is 3.35. The van der Waals surface area contributed by atoms with Crippen LogP contribution < -0.4 is 0 Å². The Morgan fingerprint density at radius 3 is 2.68 bits per heavy atom. The van der Waals surface area contributed by atoms with Gasteiger partial charge in [0.1, 0.15) is 6.04 Å². The van der Waals surface area contributed by atoms with Gasteiger partial charge in [0.15, 0.2) is 5.69 Å². The molecule has 1 saturated heterocycles. The standard InChI is InChI=1S/C16H14F3N3O3/c17-16(18,19)10-3-1-4-11(9-10)22-8-6-12(20-22)14(23)21-7-2-5-13(21)15(24)25/h1,3-4,6,8-9,13H,2,5,7H2,(H,24,25)/t13-/m0/s1. The number of hydrogen-bond donors (Lipinski definition) is 1. The molecule has 2 heterocycles. The molecule has 0 saturated carbocycles. The van der Waals surface area contributed by atoms with E-state index in [0.29, 0.717) is 19.4 Å². The molecule has 1 aliphatic heterocycles. The Morgan fingerprint density at radius 1 is 1.24 bits per heavy atom. The summed E-state index contributed by atoms with van der Waals surface area (Å²) in [5.41, 5.74) is -0.672. The van der Waals surface area contributed by atoms with Crippen LogP contribution in [0.3, 0.4) is 0 Å². The van der Waals surface area contributed by atoms with Gasteiger partial charge < -0.3 is 10.0 Å². The average molecular weight is 353 g/mol. The second kappa shape index (κ2) is 6.23. The van der Waals surface area contributed by atoms with Gasteiger partial charge in [0.05, 0.1) is 11.3 Å². The molecule has 25 heavy (non-hydrogen) atoms. The highest BCUT2D eigenvalue weighted by Gasteiger charge is 2.35. The summed E-state index contributed by atoms with van der Waals surface area (Å²) in [5.74, 6) is -1.63. The van der Waals surface area contributed by atoms with Crippen LogP contribution in [0.15, 0.2) is 36.5 Å². The molecule has 0 unspecified atom stereocenters. The van der Waals surface area contributed by atoms with Crippen molar-refractivity contribution < 1.29 is 27.9 Å². The van der Waals surface area contributed by atoms with Crippen LogP contribution >= 0.6 is 0 Å². The molecular formula is C16H14F3N3O3. The Labute approximate surface area is 140 Å². The first kappa shape index (κ1) is 17.0. The van der Waals surface area contributed by atoms with Crippen LogP contribution in [0, 0.1) is 0 Å². The first-order chi connectivity index (χ1) is 11.8. The Hall–Kier alpha value is -2.84. The molecule has 1 aliphatic rings. The fourth-order valence-electron chi connectivity index (χ4n) is 2.82. The number of carboxylic acids is 1. The lowest BCUT2D eigenvalue weighted by Crippen LogP contribution is -2.40. The molecule has 1 fully saturated rings. The van der Waals surface area contributed by atoms with Gasteiger partial charge in [-0.25, -0.2) is 9.48 Å². The van der Waals surface area contributed by atoms with Gasteiger partial charge in [0.25, 0.3) is 5.91 Å². The van der Waals surface area contributed by atoms with Gasteiger partial charge in [0, 0.05) is 12.7 Å². The largest absolute Gasteiger partial charge is 0.480 e. The second-order valence-corrected chi connectivity index (χ2v) is 5.69. The van der Waals surface area contributed by atoms with Gasteiger partial charge in [-0.3, -0.25) is 4.79 Å². The molecule has 0 radical (unpaired) electrons. The average Bonchev–Trinajstić information content (AvgIpc) is 3.23. The molecule has 3 rings (SSSR count). The monoisotopic (exact) mass is 353 g/mol. The normalized spacial score (nSPS) is 17.7. The third-order valence-electron chi connectivity index (χ3n) is 4.04. The van der Waals surface area contributed by atoms with Crippen LogP contribution in [0.2, 0.25) is 0 Å². The Balaban J connectivity index is 1.86. The van der Waals surface area contributed by atoms with Crippen LogP contribution in [0.5, 0.6) is 0 Å². The predicted octanol–water partition coefficient (Wildman–Crippen LogP) is 2.58. The topological polar surface area (TPSA) is 75.4 Å². The predicted molar refractivity (Wildman–Crippen MR) is 80.3 cm³/mol. The van der Waals surface area contributed by atoms with Crippen LogP contribution in [-0.2, 0) is 11.0 Å². The fourth-order valence-corrected chi connectivity index (χ4v) is 2.82. The molecule has 9 heteroatoms. The van der Waals surface area contributed by atoms with Crippen molar-refractivity contribution in [2.45, 2.75) is 25.1 Å². The molecule has 1 amide bonds. The lowest BCUT2D eigenvalue weighted by atomic mass is 10.2. The zero-order valence-corrected chi connectivity index (χ0v) is 12.9. The van der Waals surface area contributed by atoms with Gasteiger partial charge in [-0.05, 0) is 37.1 Å². The number of amides is 1. The maximum Gasteiger partial charge on any atom is 0.416 e. The number of halogens is 3. The van der Waals surface area contributed by atoms with Crippen LogP contribution in [-0.4, -0.2) is 44.3 Å². The fraction of sp³-hybridized carbons (Fsp3) is 0.312. The van der Waals surface area contributed by atoms with Crippen LogP contribution in [0.4, 0.5) is 13.2 Å². The van der Waals surface area contributed by atoms with Crippen molar-refractivity contribution in [1.29, 1.82) is 0 Å². The van der Waals surface area contributed by atoms with E-state index < -0.39 is 29.7 Å². The Morgan fingerprint density at radius 2 is 2.00 bits per heavy atom. The van der Waals surface area contributed by atoms with E-state index in [0.717, 1.165) is 16.8 Å². The number of alkyl halides is 3. The van der Waals surface area contributed by atoms with Crippen molar-refractivity contribution in [1.82, 2.24) is 14.7 Å². The van der Waals surface area contributed by atoms with Crippen molar-refractivity contribution in [3.63, 3.8) is 0 Å². The molecule has 0 bridgehead atoms. The third-order valence-corrected chi connectivity index (χ3v) is 4.04. The summed E-state index contributed by atoms with van der Waals surface area (Å²) in [5, 5.41) is 13.2. The number of hydrogen-bond acceptors (Lipinski definition) is 3. The summed E-state index contributed by atoms with van der Waals surface area (Å²) in [4.78, 5) is 24.8. The molecule has 1 N–H and O–H groups in total. The Bertz CT molecular complexity index is 816. The summed E-state index contributed by atoms with van der Waals surface area (Å²) < 4.78 is 39.5. The maximum absolute atomic E-state index is 12.8. The minimum Gasteiger partial charge on any atom is -0.480 e. The molecule has 1 aromatic heterocycles. The highest BCUT2D eigenvalue weighted by Crippen LogP contribution is 2.30. The van der Waals surface area contributed by atoms with Gasteiger partial charge in [-0.1, -0.05) is 6.07 Å². The number of benzene rings is 1. The van der Waals surface area contributed by atoms with E-state index in [4.69, 9.17) is 5.11 Å². The summed E-state index contributed by atoms with van der Waals surface area (Å²) in [6, 6.07) is 5.03. The second-order valence-electron chi connectivity index (χ2n) is 5.69. The van der Waals surface area contributed by atoms with E-state index in [1.165, 1.54) is 29.3 Å². The molecule has 0 aliphatic carbocycles. The van der Waals surface area contributed by atoms with E-state index in [1.807, 2.05) is 0 Å². The van der Waals surface area contributed by atoms with Gasteiger partial charge in [-0.2, -0.15) is 18.3 Å². The summed E-state index contributed by atoms with van der Waals surface area (Å²) >= 11 is 0. The molecule has 1 aromatic carbocycles. The Kier molecular flexibility index (Phi) is 4.23. The number of carbonyl (C=O) groups excluding carboxylic acids is 1. The lowest BCUT2D eigenvalue weighted by Gasteiger charge is -2.20. The number of aromatic nitrogens is 2. The number of likely N-dealkylation sites (tertiary alicyclic amines) is 1. The van der Waals surface area contributed by atoms with Crippen LogP contribution in [0.25, 0.3) is 5.69 Å². The summed E-state index contributed by atoms with van der Waals surface area (Å²) in [6.07, 6.45) is -2.16. The summed E-state index contributed by atoms with van der Waals surface area (Å²) in [6.45, 7) is 0.312. The lowest BCUT2D eigenvalue weighted by molar-refractivity contribution is -0.141. The van der Waals surface area contributed by atoms with E-state index in [2.05, 4.69) is 5.10 Å². The van der Waals surface area contributed by atoms with Crippen molar-refractivity contribution >= 4 is 11.9 Å². The highest BCUT2D eigenvalue weighted by atomic mass is 19.4.